The van der Waals surface area contributed by atoms with Crippen LogP contribution in [0.15, 0.2) is 30.3 Å². The van der Waals surface area contributed by atoms with Crippen LogP contribution in [0.5, 0.6) is 0 Å². The van der Waals surface area contributed by atoms with Crippen molar-refractivity contribution < 1.29 is 14.7 Å². The third-order valence-corrected chi connectivity index (χ3v) is 7.33. The monoisotopic (exact) mass is 403 g/mol. The van der Waals surface area contributed by atoms with Gasteiger partial charge in [0.2, 0.25) is 5.91 Å². The maximum atomic E-state index is 12.4. The zero-order valence-corrected chi connectivity index (χ0v) is 17.6. The third kappa shape index (κ3) is 6.00. The summed E-state index contributed by atoms with van der Waals surface area (Å²) in [6.07, 6.45) is 9.94. The van der Waals surface area contributed by atoms with Gasteiger partial charge in [0.15, 0.2) is 0 Å². The van der Waals surface area contributed by atoms with Crippen LogP contribution in [0.4, 0.5) is 0 Å². The number of thioether (sulfide) groups is 1. The van der Waals surface area contributed by atoms with Gasteiger partial charge in [-0.3, -0.25) is 9.59 Å². The zero-order valence-electron chi connectivity index (χ0n) is 16.8. The molecule has 0 aromatic heterocycles. The van der Waals surface area contributed by atoms with Crippen molar-refractivity contribution in [2.24, 2.45) is 0 Å². The molecule has 1 saturated carbocycles. The van der Waals surface area contributed by atoms with Crippen molar-refractivity contribution >= 4 is 23.6 Å². The van der Waals surface area contributed by atoms with Crippen LogP contribution >= 0.6 is 11.8 Å². The molecule has 1 N–H and O–H groups in total. The maximum absolute atomic E-state index is 12.4. The number of carboxylic acid groups (broad SMARTS) is 1. The van der Waals surface area contributed by atoms with E-state index in [2.05, 4.69) is 35.2 Å². The molecule has 154 valence electrons. The Bertz CT molecular complexity index is 645. The number of hydrogen-bond acceptors (Lipinski definition) is 3. The van der Waals surface area contributed by atoms with E-state index in [9.17, 15) is 9.59 Å². The largest absolute Gasteiger partial charge is 0.481 e. The predicted molar refractivity (Wildman–Crippen MR) is 115 cm³/mol. The van der Waals surface area contributed by atoms with Gasteiger partial charge in [-0.25, -0.2) is 0 Å². The normalized spacial score (nSPS) is 20.9. The van der Waals surface area contributed by atoms with Gasteiger partial charge in [0.1, 0.15) is 0 Å². The van der Waals surface area contributed by atoms with Crippen molar-refractivity contribution in [3.05, 3.63) is 35.9 Å². The van der Waals surface area contributed by atoms with Crippen molar-refractivity contribution in [2.45, 2.75) is 75.7 Å². The molecule has 1 atom stereocenters. The second-order valence-corrected chi connectivity index (χ2v) is 9.51. The molecule has 4 nitrogen and oxygen atoms in total. The molecule has 1 heterocycles. The fourth-order valence-electron chi connectivity index (χ4n) is 4.49. The van der Waals surface area contributed by atoms with Crippen molar-refractivity contribution in [1.29, 1.82) is 0 Å². The topological polar surface area (TPSA) is 57.6 Å². The number of carbonyl (C=O) groups is 2. The van der Waals surface area contributed by atoms with Gasteiger partial charge in [-0.05, 0) is 61.7 Å². The van der Waals surface area contributed by atoms with Gasteiger partial charge < -0.3 is 10.0 Å². The van der Waals surface area contributed by atoms with E-state index in [0.29, 0.717) is 30.2 Å². The predicted octanol–water partition coefficient (Wildman–Crippen LogP) is 4.87. The lowest BCUT2D eigenvalue weighted by Crippen LogP contribution is -2.44. The maximum Gasteiger partial charge on any atom is 0.303 e. The minimum atomic E-state index is -0.726. The van der Waals surface area contributed by atoms with E-state index >= 15 is 0 Å². The van der Waals surface area contributed by atoms with Crippen LogP contribution in [0.2, 0.25) is 0 Å². The summed E-state index contributed by atoms with van der Waals surface area (Å²) >= 11 is 1.77. The molecular weight excluding hydrogens is 370 g/mol. The van der Waals surface area contributed by atoms with E-state index in [1.165, 1.54) is 31.2 Å². The number of amides is 1. The summed E-state index contributed by atoms with van der Waals surface area (Å²) in [5, 5.41) is 8.70. The molecule has 1 aromatic rings. The molecule has 1 aliphatic carbocycles. The SMILES string of the molecule is O=C(O)CCCSCCN1C(=O)CCCC1CCCC1(c2ccccc2)CC1. The Hall–Kier alpha value is -1.49. The van der Waals surface area contributed by atoms with Crippen LogP contribution in [-0.2, 0) is 15.0 Å². The Labute approximate surface area is 173 Å². The van der Waals surface area contributed by atoms with Crippen LogP contribution in [0.25, 0.3) is 0 Å². The Morgan fingerprint density at radius 2 is 1.96 bits per heavy atom. The molecule has 0 bridgehead atoms. The van der Waals surface area contributed by atoms with Crippen LogP contribution in [0, 0.1) is 0 Å². The first-order valence-electron chi connectivity index (χ1n) is 10.8. The van der Waals surface area contributed by atoms with Crippen LogP contribution < -0.4 is 0 Å². The first-order chi connectivity index (χ1) is 13.6. The summed E-state index contributed by atoms with van der Waals surface area (Å²) in [4.78, 5) is 25.1. The van der Waals surface area contributed by atoms with E-state index in [0.717, 1.165) is 37.3 Å². The number of likely N-dealkylation sites (tertiary alicyclic amines) is 1. The number of aliphatic carboxylic acids is 1. The summed E-state index contributed by atoms with van der Waals surface area (Å²) in [6, 6.07) is 11.3. The molecule has 28 heavy (non-hydrogen) atoms. The van der Waals surface area contributed by atoms with Crippen LogP contribution in [0.3, 0.4) is 0 Å². The van der Waals surface area contributed by atoms with Gasteiger partial charge in [0.05, 0.1) is 0 Å². The summed E-state index contributed by atoms with van der Waals surface area (Å²) in [5.41, 5.74) is 1.90. The Balaban J connectivity index is 1.41. The molecule has 1 saturated heterocycles. The number of rotatable bonds is 12. The summed E-state index contributed by atoms with van der Waals surface area (Å²) in [6.45, 7) is 0.811. The lowest BCUT2D eigenvalue weighted by Gasteiger charge is -2.36. The molecule has 1 aliphatic heterocycles. The highest BCUT2D eigenvalue weighted by atomic mass is 32.2. The van der Waals surface area contributed by atoms with Crippen molar-refractivity contribution in [2.75, 3.05) is 18.1 Å². The number of piperidine rings is 1. The summed E-state index contributed by atoms with van der Waals surface area (Å²) in [7, 11) is 0. The standard InChI is InChI=1S/C23H33NO3S/c25-21-11-4-9-20(24(21)16-18-28-17-6-12-22(26)27)10-5-13-23(14-15-23)19-7-2-1-3-8-19/h1-3,7-8,20H,4-6,9-18H2,(H,26,27). The molecular formula is C23H33NO3S. The smallest absolute Gasteiger partial charge is 0.303 e. The molecule has 0 radical (unpaired) electrons. The molecule has 1 aromatic carbocycles. The quantitative estimate of drug-likeness (QED) is 0.506. The van der Waals surface area contributed by atoms with Gasteiger partial charge in [-0.15, -0.1) is 0 Å². The fraction of sp³-hybridized carbons (Fsp3) is 0.652. The Morgan fingerprint density at radius 1 is 1.18 bits per heavy atom. The molecule has 1 unspecified atom stereocenters. The molecule has 3 rings (SSSR count). The lowest BCUT2D eigenvalue weighted by molar-refractivity contribution is -0.137. The highest BCUT2D eigenvalue weighted by molar-refractivity contribution is 7.99. The number of carboxylic acids is 1. The van der Waals surface area contributed by atoms with Gasteiger partial charge in [-0.2, -0.15) is 11.8 Å². The average molecular weight is 404 g/mol. The first kappa shape index (κ1) is 21.2. The van der Waals surface area contributed by atoms with Crippen LogP contribution in [0.1, 0.15) is 69.8 Å². The van der Waals surface area contributed by atoms with Gasteiger partial charge in [0.25, 0.3) is 0 Å². The van der Waals surface area contributed by atoms with E-state index in [-0.39, 0.29) is 6.42 Å². The van der Waals surface area contributed by atoms with Gasteiger partial charge >= 0.3 is 5.97 Å². The number of benzene rings is 1. The first-order valence-corrected chi connectivity index (χ1v) is 11.9. The fourth-order valence-corrected chi connectivity index (χ4v) is 5.37. The zero-order chi connectivity index (χ0) is 19.8. The van der Waals surface area contributed by atoms with E-state index in [4.69, 9.17) is 5.11 Å². The minimum absolute atomic E-state index is 0.238. The van der Waals surface area contributed by atoms with Crippen molar-refractivity contribution in [3.8, 4) is 0 Å². The number of hydrogen-bond donors (Lipinski definition) is 1. The van der Waals surface area contributed by atoms with Crippen molar-refractivity contribution in [1.82, 2.24) is 4.90 Å². The molecule has 1 amide bonds. The van der Waals surface area contributed by atoms with E-state index < -0.39 is 5.97 Å². The molecule has 5 heteroatoms. The minimum Gasteiger partial charge on any atom is -0.481 e. The molecule has 2 fully saturated rings. The third-order valence-electron chi connectivity index (χ3n) is 6.28. The van der Waals surface area contributed by atoms with E-state index in [1.807, 2.05) is 0 Å². The van der Waals surface area contributed by atoms with Gasteiger partial charge in [-0.1, -0.05) is 36.8 Å². The molecule has 0 spiro atoms. The average Bonchev–Trinajstić information content (AvgIpc) is 3.48. The summed E-state index contributed by atoms with van der Waals surface area (Å²) < 4.78 is 0. The lowest BCUT2D eigenvalue weighted by atomic mass is 9.88. The second-order valence-electron chi connectivity index (χ2n) is 8.28. The van der Waals surface area contributed by atoms with Crippen LogP contribution in [-0.4, -0.2) is 46.0 Å². The Morgan fingerprint density at radius 3 is 2.68 bits per heavy atom. The number of nitrogens with zero attached hydrogens (tertiary/aromatic N) is 1. The van der Waals surface area contributed by atoms with Gasteiger partial charge in [0, 0.05) is 31.2 Å². The summed E-state index contributed by atoms with van der Waals surface area (Å²) in [5.74, 6) is 1.36. The van der Waals surface area contributed by atoms with E-state index in [1.54, 1.807) is 11.8 Å². The Kier molecular flexibility index (Phi) is 7.83. The highest BCUT2D eigenvalue weighted by Crippen LogP contribution is 2.52. The van der Waals surface area contributed by atoms with Crippen molar-refractivity contribution in [3.63, 3.8) is 0 Å². The number of carbonyl (C=O) groups excluding carboxylic acids is 1. The second kappa shape index (κ2) is 10.3. The highest BCUT2D eigenvalue weighted by Gasteiger charge is 2.43. The molecule has 2 aliphatic rings.